The van der Waals surface area contributed by atoms with Crippen LogP contribution in [-0.2, 0) is 34.5 Å². The highest BCUT2D eigenvalue weighted by Crippen LogP contribution is 2.25. The molecule has 0 spiro atoms. The van der Waals surface area contributed by atoms with Crippen molar-refractivity contribution in [3.8, 4) is 0 Å². The maximum absolute atomic E-state index is 13.9. The molecule has 0 aliphatic carbocycles. The first kappa shape index (κ1) is 23.2. The van der Waals surface area contributed by atoms with Gasteiger partial charge in [-0.15, -0.1) is 0 Å². The smallest absolute Gasteiger partial charge is 0.323 e. The number of carbonyl (C=O) groups is 2. The Morgan fingerprint density at radius 3 is 2.29 bits per heavy atom. The normalized spacial score (nSPS) is 11.6. The van der Waals surface area contributed by atoms with Gasteiger partial charge in [0.1, 0.15) is 11.8 Å². The van der Waals surface area contributed by atoms with E-state index in [1.807, 2.05) is 36.4 Å². The largest absolute Gasteiger partial charge is 0.460 e. The van der Waals surface area contributed by atoms with Gasteiger partial charge in [0.25, 0.3) is 0 Å². The lowest BCUT2D eigenvalue weighted by Crippen LogP contribution is -2.40. The second-order valence-electron chi connectivity index (χ2n) is 7.69. The summed E-state index contributed by atoms with van der Waals surface area (Å²) in [6, 6.07) is 21.7. The van der Waals surface area contributed by atoms with Gasteiger partial charge in [0.2, 0.25) is 11.9 Å². The van der Waals surface area contributed by atoms with Gasteiger partial charge in [-0.25, -0.2) is 9.97 Å². The summed E-state index contributed by atoms with van der Waals surface area (Å²) in [6.07, 6.45) is 4.93. The molecule has 4 aromatic rings. The number of nitrogens with zero attached hydrogens (tertiary/aromatic N) is 4. The lowest BCUT2D eigenvalue weighted by atomic mass is 9.97. The molecule has 2 heterocycles. The Hall–Kier alpha value is -3.97. The topological polar surface area (TPSA) is 77.3 Å². The molecule has 7 nitrogen and oxygen atoms in total. The fourth-order valence-corrected chi connectivity index (χ4v) is 3.65. The Balaban J connectivity index is 1.67. The van der Waals surface area contributed by atoms with Gasteiger partial charge in [0.05, 0.1) is 6.54 Å². The predicted octanol–water partition coefficient (Wildman–Crippen LogP) is 4.53. The number of rotatable bonds is 8. The van der Waals surface area contributed by atoms with Gasteiger partial charge < -0.3 is 9.30 Å². The van der Waals surface area contributed by atoms with Crippen molar-refractivity contribution in [3.05, 3.63) is 113 Å². The van der Waals surface area contributed by atoms with Gasteiger partial charge in [-0.3, -0.25) is 14.5 Å². The summed E-state index contributed by atoms with van der Waals surface area (Å²) in [5, 5.41) is 0.352. The molecule has 8 heteroatoms. The number of hydrogen-bond acceptors (Lipinski definition) is 5. The van der Waals surface area contributed by atoms with E-state index in [4.69, 9.17) is 16.3 Å². The monoisotopic (exact) mass is 474 g/mol. The maximum Gasteiger partial charge on any atom is 0.323 e. The van der Waals surface area contributed by atoms with Crippen LogP contribution in [0.1, 0.15) is 22.6 Å². The molecule has 1 atom stereocenters. The first-order chi connectivity index (χ1) is 16.5. The van der Waals surface area contributed by atoms with Gasteiger partial charge in [-0.05, 0) is 22.8 Å². The third kappa shape index (κ3) is 5.50. The number of ether oxygens (including phenoxy) is 1. The van der Waals surface area contributed by atoms with Crippen LogP contribution in [0, 0.1) is 0 Å². The van der Waals surface area contributed by atoms with Gasteiger partial charge in [-0.1, -0.05) is 78.3 Å². The van der Waals surface area contributed by atoms with Crippen molar-refractivity contribution in [2.24, 2.45) is 7.05 Å². The molecule has 0 N–H and O–H groups in total. The van der Waals surface area contributed by atoms with Crippen LogP contribution in [0.4, 0.5) is 5.95 Å². The summed E-state index contributed by atoms with van der Waals surface area (Å²) >= 11 is 5.92. The summed E-state index contributed by atoms with van der Waals surface area (Å²) in [4.78, 5) is 37.2. The minimum atomic E-state index is -1.16. The Morgan fingerprint density at radius 2 is 1.68 bits per heavy atom. The summed E-state index contributed by atoms with van der Waals surface area (Å²) in [5.41, 5.74) is 2.12. The quantitative estimate of drug-likeness (QED) is 0.213. The molecule has 1 amide bonds. The lowest BCUT2D eigenvalue weighted by molar-refractivity contribution is -0.149. The van der Waals surface area contributed by atoms with Gasteiger partial charge >= 0.3 is 5.97 Å². The third-order valence-electron chi connectivity index (χ3n) is 5.27. The molecule has 2 aromatic heterocycles. The summed E-state index contributed by atoms with van der Waals surface area (Å²) < 4.78 is 7.31. The van der Waals surface area contributed by atoms with Crippen LogP contribution in [0.25, 0.3) is 0 Å². The third-order valence-corrected chi connectivity index (χ3v) is 5.50. The highest BCUT2D eigenvalue weighted by molar-refractivity contribution is 6.29. The number of halogens is 1. The SMILES string of the molecule is Cn1ccnc1N(Cc1ccc(Cl)nc1)C(=O)C(C(=O)OCc1ccccc1)c1ccccc1. The Kier molecular flexibility index (Phi) is 7.34. The van der Waals surface area contributed by atoms with Gasteiger partial charge in [0, 0.05) is 25.6 Å². The van der Waals surface area contributed by atoms with Gasteiger partial charge in [0.15, 0.2) is 5.92 Å². The van der Waals surface area contributed by atoms with Gasteiger partial charge in [-0.2, -0.15) is 0 Å². The number of pyridine rings is 1. The molecule has 0 saturated heterocycles. The van der Waals surface area contributed by atoms with E-state index in [9.17, 15) is 9.59 Å². The van der Waals surface area contributed by atoms with Crippen molar-refractivity contribution in [1.29, 1.82) is 0 Å². The van der Waals surface area contributed by atoms with Crippen LogP contribution >= 0.6 is 11.6 Å². The number of anilines is 1. The Bertz CT molecular complexity index is 1240. The molecule has 0 radical (unpaired) electrons. The molecule has 172 valence electrons. The van der Waals surface area contributed by atoms with Crippen LogP contribution in [0.3, 0.4) is 0 Å². The highest BCUT2D eigenvalue weighted by atomic mass is 35.5. The first-order valence-electron chi connectivity index (χ1n) is 10.7. The Labute approximate surface area is 202 Å². The second-order valence-corrected chi connectivity index (χ2v) is 8.08. The summed E-state index contributed by atoms with van der Waals surface area (Å²) in [6.45, 7) is 0.225. The minimum Gasteiger partial charge on any atom is -0.460 e. The molecule has 0 fully saturated rings. The zero-order valence-corrected chi connectivity index (χ0v) is 19.3. The maximum atomic E-state index is 13.9. The Morgan fingerprint density at radius 1 is 0.971 bits per heavy atom. The molecule has 2 aromatic carbocycles. The van der Waals surface area contributed by atoms with Crippen molar-refractivity contribution in [2.45, 2.75) is 19.1 Å². The number of aromatic nitrogens is 3. The fraction of sp³-hybridized carbons (Fsp3) is 0.154. The zero-order chi connectivity index (χ0) is 23.9. The average Bonchev–Trinajstić information content (AvgIpc) is 3.29. The predicted molar refractivity (Wildman–Crippen MR) is 129 cm³/mol. The highest BCUT2D eigenvalue weighted by Gasteiger charge is 2.35. The fourth-order valence-electron chi connectivity index (χ4n) is 3.54. The number of aryl methyl sites for hydroxylation is 1. The minimum absolute atomic E-state index is 0.0692. The summed E-state index contributed by atoms with van der Waals surface area (Å²) in [5.74, 6) is -1.85. The number of carbonyl (C=O) groups excluding carboxylic acids is 2. The van der Waals surface area contributed by atoms with Crippen molar-refractivity contribution in [3.63, 3.8) is 0 Å². The van der Waals surface area contributed by atoms with Crippen molar-refractivity contribution < 1.29 is 14.3 Å². The van der Waals surface area contributed by atoms with Crippen LogP contribution in [0.5, 0.6) is 0 Å². The van der Waals surface area contributed by atoms with Crippen LogP contribution in [0.2, 0.25) is 5.15 Å². The van der Waals surface area contributed by atoms with E-state index < -0.39 is 17.8 Å². The standard InChI is InChI=1S/C26H23ClN4O3/c1-30-15-14-28-26(30)31(17-20-12-13-22(27)29-16-20)24(32)23(21-10-6-3-7-11-21)25(33)34-18-19-8-4-2-5-9-19/h2-16,23H,17-18H2,1H3. The van der Waals surface area contributed by atoms with Crippen LogP contribution in [0.15, 0.2) is 91.4 Å². The van der Waals surface area contributed by atoms with E-state index in [1.54, 1.807) is 66.6 Å². The molecule has 34 heavy (non-hydrogen) atoms. The van der Waals surface area contributed by atoms with E-state index >= 15 is 0 Å². The van der Waals surface area contributed by atoms with Crippen molar-refractivity contribution in [2.75, 3.05) is 4.90 Å². The average molecular weight is 475 g/mol. The van der Waals surface area contributed by atoms with Crippen molar-refractivity contribution >= 4 is 29.4 Å². The molecule has 0 bridgehead atoms. The van der Waals surface area contributed by atoms with Crippen LogP contribution in [-0.4, -0.2) is 26.4 Å². The van der Waals surface area contributed by atoms with E-state index in [0.29, 0.717) is 16.7 Å². The van der Waals surface area contributed by atoms with E-state index in [-0.39, 0.29) is 13.2 Å². The number of benzene rings is 2. The molecule has 0 aliphatic heterocycles. The number of imidazole rings is 1. The number of amides is 1. The molecular formula is C26H23ClN4O3. The number of esters is 1. The zero-order valence-electron chi connectivity index (χ0n) is 18.5. The molecule has 1 unspecified atom stereocenters. The van der Waals surface area contributed by atoms with Crippen molar-refractivity contribution in [1.82, 2.24) is 14.5 Å². The summed E-state index contributed by atoms with van der Waals surface area (Å²) in [7, 11) is 1.79. The molecule has 4 rings (SSSR count). The lowest BCUT2D eigenvalue weighted by Gasteiger charge is -2.26. The van der Waals surface area contributed by atoms with E-state index in [1.165, 1.54) is 4.90 Å². The molecular weight excluding hydrogens is 452 g/mol. The van der Waals surface area contributed by atoms with Crippen LogP contribution < -0.4 is 4.90 Å². The first-order valence-corrected chi connectivity index (χ1v) is 11.1. The molecule has 0 aliphatic rings. The van der Waals surface area contributed by atoms with E-state index in [0.717, 1.165) is 11.1 Å². The van der Waals surface area contributed by atoms with E-state index in [2.05, 4.69) is 9.97 Å². The molecule has 0 saturated carbocycles. The second kappa shape index (κ2) is 10.8. The number of hydrogen-bond donors (Lipinski definition) is 0.